The summed E-state index contributed by atoms with van der Waals surface area (Å²) in [7, 11) is 1.66. The molecule has 0 radical (unpaired) electrons. The van der Waals surface area contributed by atoms with Crippen molar-refractivity contribution in [2.75, 3.05) is 7.11 Å². The molecule has 2 rings (SSSR count). The molecule has 0 saturated carbocycles. The molecule has 22 heavy (non-hydrogen) atoms. The van der Waals surface area contributed by atoms with Crippen LogP contribution in [0.3, 0.4) is 0 Å². The molecular weight excluding hydrogens is 272 g/mol. The Bertz CT molecular complexity index is 732. The van der Waals surface area contributed by atoms with Gasteiger partial charge in [-0.05, 0) is 65.9 Å². The highest BCUT2D eigenvalue weighted by atomic mass is 16.5. The molecule has 0 spiro atoms. The first-order valence-corrected chi connectivity index (χ1v) is 7.58. The lowest BCUT2D eigenvalue weighted by Gasteiger charge is -2.29. The zero-order chi connectivity index (χ0) is 16.3. The van der Waals surface area contributed by atoms with Crippen molar-refractivity contribution in [1.29, 1.82) is 0 Å². The molecule has 0 saturated heterocycles. The fraction of sp³-hybridized carbons (Fsp3) is 0.350. The van der Waals surface area contributed by atoms with Gasteiger partial charge in [-0.15, -0.1) is 5.73 Å². The van der Waals surface area contributed by atoms with Gasteiger partial charge in [0.1, 0.15) is 11.4 Å². The minimum atomic E-state index is -1.02. The Morgan fingerprint density at radius 1 is 1.14 bits per heavy atom. The summed E-state index contributed by atoms with van der Waals surface area (Å²) in [6, 6.07) is 12.0. The van der Waals surface area contributed by atoms with E-state index in [0.717, 1.165) is 27.7 Å². The first-order valence-electron chi connectivity index (χ1n) is 7.58. The number of hydrogen-bond acceptors (Lipinski definition) is 2. The summed E-state index contributed by atoms with van der Waals surface area (Å²) in [5.41, 5.74) is 4.06. The summed E-state index contributed by atoms with van der Waals surface area (Å²) in [4.78, 5) is 0. The Morgan fingerprint density at radius 3 is 2.36 bits per heavy atom. The van der Waals surface area contributed by atoms with E-state index >= 15 is 0 Å². The smallest absolute Gasteiger partial charge is 0.119 e. The van der Waals surface area contributed by atoms with Gasteiger partial charge in [0.05, 0.1) is 7.11 Å². The third kappa shape index (κ3) is 3.24. The SMILES string of the molecule is COc1ccc2cc(C(O)(C=C=C(C)C)C(C)C)ccc2c1. The zero-order valence-corrected chi connectivity index (χ0v) is 14.0. The van der Waals surface area contributed by atoms with Gasteiger partial charge < -0.3 is 9.84 Å². The number of fused-ring (bicyclic) bond motifs is 1. The van der Waals surface area contributed by atoms with Crippen molar-refractivity contribution in [3.63, 3.8) is 0 Å². The maximum absolute atomic E-state index is 11.1. The molecule has 1 atom stereocenters. The maximum Gasteiger partial charge on any atom is 0.119 e. The number of methoxy groups -OCH3 is 1. The molecule has 0 fully saturated rings. The summed E-state index contributed by atoms with van der Waals surface area (Å²) in [5.74, 6) is 0.888. The van der Waals surface area contributed by atoms with Crippen LogP contribution in [0.25, 0.3) is 10.8 Å². The van der Waals surface area contributed by atoms with Crippen LogP contribution in [0.2, 0.25) is 0 Å². The highest BCUT2D eigenvalue weighted by Gasteiger charge is 2.30. The Morgan fingerprint density at radius 2 is 1.77 bits per heavy atom. The molecular formula is C20H24O2. The molecule has 2 nitrogen and oxygen atoms in total. The fourth-order valence-corrected chi connectivity index (χ4v) is 2.44. The molecule has 2 aromatic carbocycles. The Balaban J connectivity index is 2.58. The Kier molecular flexibility index (Phi) is 4.75. The lowest BCUT2D eigenvalue weighted by molar-refractivity contribution is 0.0402. The van der Waals surface area contributed by atoms with Gasteiger partial charge in [0.25, 0.3) is 0 Å². The number of benzene rings is 2. The van der Waals surface area contributed by atoms with Crippen molar-refractivity contribution in [2.45, 2.75) is 33.3 Å². The van der Waals surface area contributed by atoms with Crippen LogP contribution in [-0.2, 0) is 5.60 Å². The summed E-state index contributed by atoms with van der Waals surface area (Å²) in [5, 5.41) is 13.3. The molecule has 0 aliphatic rings. The molecule has 1 N–H and O–H groups in total. The van der Waals surface area contributed by atoms with E-state index in [1.54, 1.807) is 13.2 Å². The number of rotatable bonds is 4. The maximum atomic E-state index is 11.1. The number of ether oxygens (including phenoxy) is 1. The second-order valence-corrected chi connectivity index (χ2v) is 6.20. The highest BCUT2D eigenvalue weighted by molar-refractivity contribution is 5.84. The average Bonchev–Trinajstić information content (AvgIpc) is 2.51. The van der Waals surface area contributed by atoms with Crippen molar-refractivity contribution >= 4 is 10.8 Å². The van der Waals surface area contributed by atoms with Gasteiger partial charge in [-0.25, -0.2) is 0 Å². The molecule has 0 amide bonds. The van der Waals surface area contributed by atoms with Gasteiger partial charge in [0.15, 0.2) is 0 Å². The lowest BCUT2D eigenvalue weighted by Crippen LogP contribution is -2.29. The molecule has 2 aromatic rings. The van der Waals surface area contributed by atoms with E-state index in [4.69, 9.17) is 4.74 Å². The number of hydrogen-bond donors (Lipinski definition) is 1. The van der Waals surface area contributed by atoms with E-state index in [1.807, 2.05) is 64.1 Å². The minimum absolute atomic E-state index is 0.0510. The minimum Gasteiger partial charge on any atom is -0.497 e. The molecule has 116 valence electrons. The van der Waals surface area contributed by atoms with Crippen LogP contribution in [0.5, 0.6) is 5.75 Å². The van der Waals surface area contributed by atoms with Crippen LogP contribution in [0.1, 0.15) is 33.3 Å². The summed E-state index contributed by atoms with van der Waals surface area (Å²) in [6.45, 7) is 7.98. The molecule has 0 aromatic heterocycles. The molecule has 2 heteroatoms. The van der Waals surface area contributed by atoms with E-state index in [2.05, 4.69) is 5.73 Å². The monoisotopic (exact) mass is 296 g/mol. The normalized spacial score (nSPS) is 13.6. The van der Waals surface area contributed by atoms with E-state index in [0.29, 0.717) is 0 Å². The standard InChI is InChI=1S/C20H24O2/c1-14(2)10-11-20(21,15(3)4)18-8-6-17-13-19(22-5)9-7-16(17)12-18/h6-9,11-13,15,21H,1-5H3. The van der Waals surface area contributed by atoms with Gasteiger partial charge in [0.2, 0.25) is 0 Å². The second-order valence-electron chi connectivity index (χ2n) is 6.20. The van der Waals surface area contributed by atoms with E-state index in [-0.39, 0.29) is 5.92 Å². The fourth-order valence-electron chi connectivity index (χ4n) is 2.44. The van der Waals surface area contributed by atoms with Gasteiger partial charge in [0, 0.05) is 0 Å². The van der Waals surface area contributed by atoms with Crippen molar-refractivity contribution in [3.8, 4) is 5.75 Å². The van der Waals surface area contributed by atoms with Crippen LogP contribution in [0.15, 0.2) is 53.8 Å². The summed E-state index contributed by atoms with van der Waals surface area (Å²) in [6.07, 6.45) is 1.78. The molecule has 0 bridgehead atoms. The summed E-state index contributed by atoms with van der Waals surface area (Å²) >= 11 is 0. The first kappa shape index (κ1) is 16.4. The Hall–Kier alpha value is -2.02. The average molecular weight is 296 g/mol. The Labute approximate surface area is 132 Å². The lowest BCUT2D eigenvalue weighted by atomic mass is 9.82. The van der Waals surface area contributed by atoms with Gasteiger partial charge in [-0.1, -0.05) is 32.0 Å². The van der Waals surface area contributed by atoms with Gasteiger partial charge in [-0.2, -0.15) is 0 Å². The van der Waals surface area contributed by atoms with Gasteiger partial charge in [-0.3, -0.25) is 0 Å². The highest BCUT2D eigenvalue weighted by Crippen LogP contribution is 2.33. The molecule has 1 unspecified atom stereocenters. The predicted octanol–water partition coefficient (Wildman–Crippen LogP) is 4.81. The first-order chi connectivity index (χ1) is 10.4. The van der Waals surface area contributed by atoms with Gasteiger partial charge >= 0.3 is 0 Å². The third-order valence-corrected chi connectivity index (χ3v) is 3.97. The number of aliphatic hydroxyl groups is 1. The van der Waals surface area contributed by atoms with Crippen molar-refractivity contribution < 1.29 is 9.84 Å². The molecule has 0 aliphatic heterocycles. The van der Waals surface area contributed by atoms with Crippen LogP contribution in [0, 0.1) is 5.92 Å². The largest absolute Gasteiger partial charge is 0.497 e. The molecule has 0 heterocycles. The topological polar surface area (TPSA) is 29.5 Å². The van der Waals surface area contributed by atoms with Crippen LogP contribution in [-0.4, -0.2) is 12.2 Å². The van der Waals surface area contributed by atoms with E-state index < -0.39 is 5.60 Å². The second kappa shape index (κ2) is 6.39. The van der Waals surface area contributed by atoms with Crippen LogP contribution >= 0.6 is 0 Å². The quantitative estimate of drug-likeness (QED) is 0.820. The molecule has 0 aliphatic carbocycles. The summed E-state index contributed by atoms with van der Waals surface area (Å²) < 4.78 is 5.25. The van der Waals surface area contributed by atoms with Crippen LogP contribution in [0.4, 0.5) is 0 Å². The zero-order valence-electron chi connectivity index (χ0n) is 14.0. The predicted molar refractivity (Wildman–Crippen MR) is 92.2 cm³/mol. The van der Waals surface area contributed by atoms with Crippen LogP contribution < -0.4 is 4.74 Å². The van der Waals surface area contributed by atoms with E-state index in [1.165, 1.54) is 0 Å². The third-order valence-electron chi connectivity index (χ3n) is 3.97. The van der Waals surface area contributed by atoms with Crippen molar-refractivity contribution in [3.05, 3.63) is 59.3 Å². The van der Waals surface area contributed by atoms with Crippen molar-refractivity contribution in [2.24, 2.45) is 5.92 Å². The van der Waals surface area contributed by atoms with E-state index in [9.17, 15) is 5.11 Å². The van der Waals surface area contributed by atoms with Crippen molar-refractivity contribution in [1.82, 2.24) is 0 Å².